The van der Waals surface area contributed by atoms with Gasteiger partial charge in [-0.2, -0.15) is 0 Å². The molecule has 21 heavy (non-hydrogen) atoms. The number of aldehydes is 1. The van der Waals surface area contributed by atoms with Crippen LogP contribution in [-0.4, -0.2) is 6.29 Å². The molecule has 0 saturated carbocycles. The topological polar surface area (TPSA) is 17.1 Å². The van der Waals surface area contributed by atoms with Crippen molar-refractivity contribution in [3.8, 4) is 0 Å². The number of rotatable bonds is 5. The van der Waals surface area contributed by atoms with Crippen molar-refractivity contribution in [3.63, 3.8) is 0 Å². The number of carbonyl (C=O) groups excluding carboxylic acids is 1. The van der Waals surface area contributed by atoms with Crippen molar-refractivity contribution in [2.45, 2.75) is 53.9 Å². The van der Waals surface area contributed by atoms with E-state index in [9.17, 15) is 4.79 Å². The Morgan fingerprint density at radius 3 is 2.48 bits per heavy atom. The van der Waals surface area contributed by atoms with E-state index < -0.39 is 0 Å². The minimum Gasteiger partial charge on any atom is -0.299 e. The van der Waals surface area contributed by atoms with Gasteiger partial charge in [-0.15, -0.1) is 0 Å². The molecule has 1 rings (SSSR count). The van der Waals surface area contributed by atoms with Gasteiger partial charge < -0.3 is 0 Å². The first-order valence-corrected chi connectivity index (χ1v) is 7.54. The summed E-state index contributed by atoms with van der Waals surface area (Å²) in [4.78, 5) is 10.3. The Kier molecular flexibility index (Phi) is 5.98. The first kappa shape index (κ1) is 15.8. The number of allylic oxidation sites excluding steroid dienone is 10. The second-order valence-electron chi connectivity index (χ2n) is 6.42. The monoisotopic (exact) mass is 285 g/mol. The SMILES string of the molecule is [2H]C1CC(C)=C(C=CC(C)=CC=CC(C)=CC=O)C(C)(C)C1. The van der Waals surface area contributed by atoms with Crippen LogP contribution in [0.15, 0.2) is 58.7 Å². The number of hydrogen-bond donors (Lipinski definition) is 0. The third-order valence-corrected chi connectivity index (χ3v) is 3.86. The van der Waals surface area contributed by atoms with Gasteiger partial charge in [0.05, 0.1) is 0 Å². The largest absolute Gasteiger partial charge is 0.299 e. The molecular weight excluding hydrogens is 256 g/mol. The molecule has 0 bridgehead atoms. The lowest BCUT2D eigenvalue weighted by molar-refractivity contribution is -0.104. The first-order valence-electron chi connectivity index (χ1n) is 8.11. The van der Waals surface area contributed by atoms with E-state index in [1.807, 2.05) is 25.2 Å². The van der Waals surface area contributed by atoms with Gasteiger partial charge in [-0.05, 0) is 62.6 Å². The van der Waals surface area contributed by atoms with Crippen molar-refractivity contribution < 1.29 is 6.17 Å². The summed E-state index contributed by atoms with van der Waals surface area (Å²) in [6.45, 7) is 10.6. The first-order chi connectivity index (χ1) is 10.3. The maximum absolute atomic E-state index is 10.3. The normalized spacial score (nSPS) is 24.8. The Labute approximate surface area is 131 Å². The summed E-state index contributed by atoms with van der Waals surface area (Å²) >= 11 is 0. The molecule has 1 atom stereocenters. The maximum atomic E-state index is 10.3. The van der Waals surface area contributed by atoms with Crippen LogP contribution in [0.1, 0.15) is 55.2 Å². The fraction of sp³-hybridized carbons (Fsp3) is 0.450. The number of carbonyl (C=O) groups is 1. The molecule has 1 nitrogen and oxygen atoms in total. The Bertz CT molecular complexity index is 556. The lowest BCUT2D eigenvalue weighted by Gasteiger charge is -2.32. The van der Waals surface area contributed by atoms with E-state index in [2.05, 4.69) is 39.8 Å². The molecule has 1 aliphatic rings. The van der Waals surface area contributed by atoms with Gasteiger partial charge in [0.1, 0.15) is 6.29 Å². The summed E-state index contributed by atoms with van der Waals surface area (Å²) in [7, 11) is 0. The molecule has 0 aromatic carbocycles. The molecule has 0 radical (unpaired) electrons. The van der Waals surface area contributed by atoms with Crippen LogP contribution in [0.3, 0.4) is 0 Å². The van der Waals surface area contributed by atoms with Crippen molar-refractivity contribution in [1.29, 1.82) is 0 Å². The second-order valence-corrected chi connectivity index (χ2v) is 6.42. The molecule has 1 unspecified atom stereocenters. The summed E-state index contributed by atoms with van der Waals surface area (Å²) < 4.78 is 8.02. The third-order valence-electron chi connectivity index (χ3n) is 3.86. The Morgan fingerprint density at radius 1 is 1.19 bits per heavy atom. The fourth-order valence-electron chi connectivity index (χ4n) is 2.60. The van der Waals surface area contributed by atoms with Crippen molar-refractivity contribution in [1.82, 2.24) is 0 Å². The molecule has 0 fully saturated rings. The highest BCUT2D eigenvalue weighted by molar-refractivity contribution is 5.66. The van der Waals surface area contributed by atoms with Crippen LogP contribution in [0, 0.1) is 5.41 Å². The van der Waals surface area contributed by atoms with Gasteiger partial charge in [0.2, 0.25) is 0 Å². The molecule has 0 aromatic heterocycles. The van der Waals surface area contributed by atoms with Crippen molar-refractivity contribution in [2.75, 3.05) is 0 Å². The zero-order valence-corrected chi connectivity index (χ0v) is 13.9. The van der Waals surface area contributed by atoms with Crippen molar-refractivity contribution in [3.05, 3.63) is 58.7 Å². The van der Waals surface area contributed by atoms with Gasteiger partial charge in [-0.1, -0.05) is 55.4 Å². The summed E-state index contributed by atoms with van der Waals surface area (Å²) in [5.74, 6) is 0. The Morgan fingerprint density at radius 2 is 1.86 bits per heavy atom. The fourth-order valence-corrected chi connectivity index (χ4v) is 2.60. The van der Waals surface area contributed by atoms with E-state index >= 15 is 0 Å². The van der Waals surface area contributed by atoms with Gasteiger partial charge in [-0.3, -0.25) is 4.79 Å². The van der Waals surface area contributed by atoms with Crippen LogP contribution >= 0.6 is 0 Å². The van der Waals surface area contributed by atoms with Gasteiger partial charge in [0.15, 0.2) is 0 Å². The van der Waals surface area contributed by atoms with E-state index in [1.165, 1.54) is 16.7 Å². The van der Waals surface area contributed by atoms with E-state index in [1.54, 1.807) is 6.08 Å². The maximum Gasteiger partial charge on any atom is 0.143 e. The predicted octanol–water partition coefficient (Wildman–Crippen LogP) is 5.72. The van der Waals surface area contributed by atoms with Crippen LogP contribution in [0.4, 0.5) is 0 Å². The van der Waals surface area contributed by atoms with Crippen molar-refractivity contribution in [2.24, 2.45) is 5.41 Å². The predicted molar refractivity (Wildman–Crippen MR) is 92.2 cm³/mol. The summed E-state index contributed by atoms with van der Waals surface area (Å²) in [6.07, 6.45) is 14.4. The lowest BCUT2D eigenvalue weighted by Crippen LogP contribution is -2.19. The molecule has 0 heterocycles. The summed E-state index contributed by atoms with van der Waals surface area (Å²) in [5, 5.41) is 0. The minimum atomic E-state index is 0.0271. The highest BCUT2D eigenvalue weighted by Crippen LogP contribution is 2.40. The standard InChI is InChI=1S/C20H28O/c1-16(8-6-9-17(2)13-15-21)11-12-19-18(3)10-7-14-20(19,4)5/h6,8-9,11-13,15H,7,10,14H2,1-5H3/i7D. The molecule has 114 valence electrons. The van der Waals surface area contributed by atoms with E-state index in [0.717, 1.165) is 24.7 Å². The zero-order valence-electron chi connectivity index (χ0n) is 14.9. The van der Waals surface area contributed by atoms with Crippen LogP contribution < -0.4 is 0 Å². The Hall–Kier alpha value is -1.63. The molecule has 0 aromatic rings. The Balaban J connectivity index is 2.84. The van der Waals surface area contributed by atoms with Crippen LogP contribution in [0.5, 0.6) is 0 Å². The average Bonchev–Trinajstić information content (AvgIpc) is 2.36. The van der Waals surface area contributed by atoms with Crippen LogP contribution in [0.25, 0.3) is 0 Å². The zero-order chi connectivity index (χ0) is 16.8. The van der Waals surface area contributed by atoms with E-state index in [4.69, 9.17) is 1.37 Å². The second kappa shape index (κ2) is 7.97. The van der Waals surface area contributed by atoms with Crippen molar-refractivity contribution >= 4 is 6.29 Å². The lowest BCUT2D eigenvalue weighted by atomic mass is 9.72. The van der Waals surface area contributed by atoms with Gasteiger partial charge in [-0.25, -0.2) is 0 Å². The van der Waals surface area contributed by atoms with E-state index in [-0.39, 0.29) is 11.8 Å². The van der Waals surface area contributed by atoms with Crippen LogP contribution in [0.2, 0.25) is 0 Å². The minimum absolute atomic E-state index is 0.0271. The molecule has 1 heteroatoms. The smallest absolute Gasteiger partial charge is 0.143 e. The van der Waals surface area contributed by atoms with Gasteiger partial charge in [0.25, 0.3) is 0 Å². The quantitative estimate of drug-likeness (QED) is 0.359. The highest BCUT2D eigenvalue weighted by atomic mass is 16.1. The molecule has 1 aliphatic carbocycles. The molecule has 0 spiro atoms. The summed E-state index contributed by atoms with van der Waals surface area (Å²) in [6, 6.07) is 0. The molecule has 0 aliphatic heterocycles. The third kappa shape index (κ3) is 5.71. The molecular formula is C20H28O. The van der Waals surface area contributed by atoms with Gasteiger partial charge in [0, 0.05) is 1.37 Å². The number of hydrogen-bond acceptors (Lipinski definition) is 1. The highest BCUT2D eigenvalue weighted by Gasteiger charge is 2.26. The van der Waals surface area contributed by atoms with E-state index in [0.29, 0.717) is 0 Å². The summed E-state index contributed by atoms with van der Waals surface area (Å²) in [5.41, 5.74) is 4.88. The van der Waals surface area contributed by atoms with Crippen LogP contribution in [-0.2, 0) is 4.79 Å². The average molecular weight is 285 g/mol. The van der Waals surface area contributed by atoms with Gasteiger partial charge >= 0.3 is 0 Å². The molecule has 0 N–H and O–H groups in total. The molecule has 0 saturated heterocycles. The molecule has 0 amide bonds.